The summed E-state index contributed by atoms with van der Waals surface area (Å²) in [6, 6.07) is 10.6. The summed E-state index contributed by atoms with van der Waals surface area (Å²) in [5.41, 5.74) is 1.04. The van der Waals surface area contributed by atoms with Crippen molar-refractivity contribution in [3.8, 4) is 5.69 Å². The van der Waals surface area contributed by atoms with Crippen LogP contribution < -0.4 is 10.6 Å². The number of guanidine groups is 1. The molecule has 1 aromatic carbocycles. The molecule has 31 heavy (non-hydrogen) atoms. The zero-order valence-corrected chi connectivity index (χ0v) is 19.1. The van der Waals surface area contributed by atoms with Crippen molar-refractivity contribution in [1.29, 1.82) is 0 Å². The SMILES string of the molecule is CCNC(=NCc1nncn1-c1ccccc1)NCC(C(CC)CC)N1CCOCC1. The van der Waals surface area contributed by atoms with Crippen LogP contribution in [-0.2, 0) is 11.3 Å². The number of nitrogens with one attached hydrogen (secondary N) is 2. The summed E-state index contributed by atoms with van der Waals surface area (Å²) >= 11 is 0. The highest BCUT2D eigenvalue weighted by Gasteiger charge is 2.27. The fourth-order valence-corrected chi connectivity index (χ4v) is 4.20. The van der Waals surface area contributed by atoms with Crippen molar-refractivity contribution in [2.75, 3.05) is 39.4 Å². The number of hydrogen-bond acceptors (Lipinski definition) is 5. The van der Waals surface area contributed by atoms with Crippen LogP contribution in [0.3, 0.4) is 0 Å². The van der Waals surface area contributed by atoms with Gasteiger partial charge >= 0.3 is 0 Å². The van der Waals surface area contributed by atoms with Crippen molar-refractivity contribution in [1.82, 2.24) is 30.3 Å². The summed E-state index contributed by atoms with van der Waals surface area (Å²) in [6.07, 6.45) is 4.09. The second kappa shape index (κ2) is 12.4. The number of hydrogen-bond donors (Lipinski definition) is 2. The molecular formula is C23H37N7O. The highest BCUT2D eigenvalue weighted by Crippen LogP contribution is 2.19. The van der Waals surface area contributed by atoms with Gasteiger partial charge < -0.3 is 15.4 Å². The number of ether oxygens (including phenoxy) is 1. The zero-order valence-electron chi connectivity index (χ0n) is 19.1. The maximum atomic E-state index is 5.58. The molecule has 2 aromatic rings. The van der Waals surface area contributed by atoms with E-state index in [-0.39, 0.29) is 0 Å². The first kappa shape index (κ1) is 23.2. The van der Waals surface area contributed by atoms with E-state index in [9.17, 15) is 0 Å². The van der Waals surface area contributed by atoms with Crippen LogP contribution >= 0.6 is 0 Å². The number of para-hydroxylation sites is 1. The van der Waals surface area contributed by atoms with E-state index in [1.165, 1.54) is 12.8 Å². The van der Waals surface area contributed by atoms with E-state index in [2.05, 4.69) is 46.5 Å². The first-order chi connectivity index (χ1) is 15.3. The minimum absolute atomic E-state index is 0.456. The first-order valence-electron chi connectivity index (χ1n) is 11.5. The molecule has 1 atom stereocenters. The van der Waals surface area contributed by atoms with Crippen LogP contribution in [0.1, 0.15) is 39.4 Å². The van der Waals surface area contributed by atoms with E-state index in [0.29, 0.717) is 18.5 Å². The predicted octanol–water partition coefficient (Wildman–Crippen LogP) is 2.46. The van der Waals surface area contributed by atoms with Gasteiger partial charge in [-0.05, 0) is 25.0 Å². The quantitative estimate of drug-likeness (QED) is 0.448. The van der Waals surface area contributed by atoms with Crippen molar-refractivity contribution >= 4 is 5.96 Å². The van der Waals surface area contributed by atoms with Gasteiger partial charge in [-0.3, -0.25) is 9.47 Å². The molecule has 0 amide bonds. The summed E-state index contributed by atoms with van der Waals surface area (Å²) in [7, 11) is 0. The van der Waals surface area contributed by atoms with Gasteiger partial charge in [-0.25, -0.2) is 4.99 Å². The Balaban J connectivity index is 1.68. The minimum Gasteiger partial charge on any atom is -0.379 e. The Morgan fingerprint density at radius 3 is 2.52 bits per heavy atom. The van der Waals surface area contributed by atoms with Gasteiger partial charge in [0.25, 0.3) is 0 Å². The molecule has 1 saturated heterocycles. The zero-order chi connectivity index (χ0) is 21.9. The van der Waals surface area contributed by atoms with Gasteiger partial charge in [0, 0.05) is 37.9 Å². The van der Waals surface area contributed by atoms with Gasteiger partial charge in [0.05, 0.1) is 13.2 Å². The van der Waals surface area contributed by atoms with Gasteiger partial charge in [0.15, 0.2) is 11.8 Å². The Bertz CT molecular complexity index is 782. The van der Waals surface area contributed by atoms with Crippen LogP contribution in [0.5, 0.6) is 0 Å². The summed E-state index contributed by atoms with van der Waals surface area (Å²) in [4.78, 5) is 7.37. The van der Waals surface area contributed by atoms with Crippen LogP contribution in [-0.4, -0.2) is 71.1 Å². The van der Waals surface area contributed by atoms with Crippen molar-refractivity contribution in [3.63, 3.8) is 0 Å². The van der Waals surface area contributed by atoms with E-state index < -0.39 is 0 Å². The summed E-state index contributed by atoms with van der Waals surface area (Å²) in [5, 5.41) is 15.3. The molecule has 0 radical (unpaired) electrons. The average Bonchev–Trinajstić information content (AvgIpc) is 3.30. The number of benzene rings is 1. The average molecular weight is 428 g/mol. The molecule has 8 nitrogen and oxygen atoms in total. The molecule has 1 aliphatic rings. The lowest BCUT2D eigenvalue weighted by Crippen LogP contribution is -2.53. The second-order valence-corrected chi connectivity index (χ2v) is 7.82. The number of morpholine rings is 1. The third-order valence-corrected chi connectivity index (χ3v) is 5.96. The monoisotopic (exact) mass is 427 g/mol. The Morgan fingerprint density at radius 2 is 1.84 bits per heavy atom. The lowest BCUT2D eigenvalue weighted by Gasteiger charge is -2.39. The second-order valence-electron chi connectivity index (χ2n) is 7.82. The molecule has 0 saturated carbocycles. The molecule has 1 fully saturated rings. The number of rotatable bonds is 10. The van der Waals surface area contributed by atoms with Gasteiger partial charge in [-0.15, -0.1) is 10.2 Å². The van der Waals surface area contributed by atoms with Crippen molar-refractivity contribution < 1.29 is 4.74 Å². The molecule has 0 aliphatic carbocycles. The Labute approximate surface area is 186 Å². The summed E-state index contributed by atoms with van der Waals surface area (Å²) < 4.78 is 7.56. The van der Waals surface area contributed by atoms with E-state index in [1.807, 2.05) is 34.9 Å². The van der Waals surface area contributed by atoms with Gasteiger partial charge in [0.2, 0.25) is 0 Å². The Morgan fingerprint density at radius 1 is 1.10 bits per heavy atom. The third kappa shape index (κ3) is 6.51. The molecule has 2 heterocycles. The lowest BCUT2D eigenvalue weighted by atomic mass is 9.92. The highest BCUT2D eigenvalue weighted by atomic mass is 16.5. The summed E-state index contributed by atoms with van der Waals surface area (Å²) in [5.74, 6) is 2.28. The largest absolute Gasteiger partial charge is 0.379 e. The number of aliphatic imine (C=N–C) groups is 1. The van der Waals surface area contributed by atoms with Crippen LogP contribution in [0.25, 0.3) is 5.69 Å². The molecule has 1 aliphatic heterocycles. The van der Waals surface area contributed by atoms with Crippen LogP contribution in [0.2, 0.25) is 0 Å². The predicted molar refractivity (Wildman–Crippen MR) is 124 cm³/mol. The fourth-order valence-electron chi connectivity index (χ4n) is 4.20. The number of nitrogens with zero attached hydrogens (tertiary/aromatic N) is 5. The molecule has 8 heteroatoms. The standard InChI is InChI=1S/C23H37N7O/c1-4-19(5-2)21(29-12-14-31-15-13-29)16-25-23(24-6-3)26-17-22-28-27-18-30(22)20-10-8-7-9-11-20/h7-11,18-19,21H,4-6,12-17H2,1-3H3,(H2,24,25,26). The molecular weight excluding hydrogens is 390 g/mol. The highest BCUT2D eigenvalue weighted by molar-refractivity contribution is 5.79. The maximum Gasteiger partial charge on any atom is 0.191 e. The molecule has 0 spiro atoms. The van der Waals surface area contributed by atoms with Gasteiger partial charge in [0.1, 0.15) is 12.9 Å². The van der Waals surface area contributed by atoms with Crippen LogP contribution in [0.15, 0.2) is 41.7 Å². The maximum absolute atomic E-state index is 5.58. The van der Waals surface area contributed by atoms with E-state index in [0.717, 1.165) is 56.9 Å². The normalized spacial score (nSPS) is 16.5. The molecule has 170 valence electrons. The Hall–Kier alpha value is -2.45. The molecule has 0 bridgehead atoms. The topological polar surface area (TPSA) is 79.6 Å². The molecule has 2 N–H and O–H groups in total. The van der Waals surface area contributed by atoms with Gasteiger partial charge in [-0.1, -0.05) is 44.9 Å². The van der Waals surface area contributed by atoms with Crippen LogP contribution in [0.4, 0.5) is 0 Å². The fraction of sp³-hybridized carbons (Fsp3) is 0.609. The number of aromatic nitrogens is 3. The third-order valence-electron chi connectivity index (χ3n) is 5.96. The van der Waals surface area contributed by atoms with E-state index in [4.69, 9.17) is 9.73 Å². The smallest absolute Gasteiger partial charge is 0.191 e. The van der Waals surface area contributed by atoms with Crippen molar-refractivity contribution in [3.05, 3.63) is 42.5 Å². The van der Waals surface area contributed by atoms with Crippen LogP contribution in [0, 0.1) is 5.92 Å². The van der Waals surface area contributed by atoms with E-state index in [1.54, 1.807) is 6.33 Å². The lowest BCUT2D eigenvalue weighted by molar-refractivity contribution is 0.00272. The minimum atomic E-state index is 0.456. The van der Waals surface area contributed by atoms with Gasteiger partial charge in [-0.2, -0.15) is 0 Å². The summed E-state index contributed by atoms with van der Waals surface area (Å²) in [6.45, 7) is 12.4. The van der Waals surface area contributed by atoms with Crippen molar-refractivity contribution in [2.45, 2.75) is 46.2 Å². The molecule has 1 aromatic heterocycles. The Kier molecular flexibility index (Phi) is 9.30. The first-order valence-corrected chi connectivity index (χ1v) is 11.5. The van der Waals surface area contributed by atoms with Crippen molar-refractivity contribution in [2.24, 2.45) is 10.9 Å². The molecule has 3 rings (SSSR count). The molecule has 1 unspecified atom stereocenters. The van der Waals surface area contributed by atoms with E-state index >= 15 is 0 Å².